The van der Waals surface area contributed by atoms with Crippen LogP contribution in [0.1, 0.15) is 6.92 Å². The molecule has 1 aromatic carbocycles. The van der Waals surface area contributed by atoms with Crippen LogP contribution in [0.2, 0.25) is 0 Å². The average Bonchev–Trinajstić information content (AvgIpc) is 2.47. The number of quaternary nitrogens is 1. The van der Waals surface area contributed by atoms with Gasteiger partial charge < -0.3 is 15.5 Å². The SMILES string of the molecule is C[C@@H](C(=O)Nc1ccc(F)c(F)c1F)[NH+]1CCNC(=O)C1. The summed E-state index contributed by atoms with van der Waals surface area (Å²) in [6.45, 7) is 2.72. The standard InChI is InChI=1S/C13H14F3N3O2/c1-7(19-5-4-17-10(20)6-19)13(21)18-9-3-2-8(14)11(15)12(9)16/h2-3,7H,4-6H2,1H3,(H,17,20)(H,18,21)/p+1/t7-/m0/s1. The van der Waals surface area contributed by atoms with E-state index in [0.29, 0.717) is 13.1 Å². The van der Waals surface area contributed by atoms with Crippen LogP contribution in [0.5, 0.6) is 0 Å². The van der Waals surface area contributed by atoms with Crippen molar-refractivity contribution < 1.29 is 27.7 Å². The molecule has 1 aromatic rings. The summed E-state index contributed by atoms with van der Waals surface area (Å²) in [6.07, 6.45) is 0. The predicted octanol–water partition coefficient (Wildman–Crippen LogP) is -0.554. The van der Waals surface area contributed by atoms with E-state index in [1.807, 2.05) is 0 Å². The molecule has 0 spiro atoms. The zero-order valence-corrected chi connectivity index (χ0v) is 11.3. The third-order valence-electron chi connectivity index (χ3n) is 3.45. The number of carbonyl (C=O) groups is 2. The zero-order chi connectivity index (χ0) is 15.6. The highest BCUT2D eigenvalue weighted by Crippen LogP contribution is 2.19. The van der Waals surface area contributed by atoms with Crippen molar-refractivity contribution in [1.29, 1.82) is 0 Å². The molecule has 0 bridgehead atoms. The van der Waals surface area contributed by atoms with Crippen LogP contribution in [-0.2, 0) is 9.59 Å². The van der Waals surface area contributed by atoms with E-state index < -0.39 is 35.1 Å². The van der Waals surface area contributed by atoms with Gasteiger partial charge >= 0.3 is 0 Å². The summed E-state index contributed by atoms with van der Waals surface area (Å²) in [5.74, 6) is -5.14. The summed E-state index contributed by atoms with van der Waals surface area (Å²) >= 11 is 0. The van der Waals surface area contributed by atoms with Crippen molar-refractivity contribution in [2.75, 3.05) is 25.0 Å². The maximum atomic E-state index is 13.5. The molecule has 1 saturated heterocycles. The Morgan fingerprint density at radius 3 is 2.71 bits per heavy atom. The van der Waals surface area contributed by atoms with E-state index in [1.165, 1.54) is 0 Å². The second-order valence-corrected chi connectivity index (χ2v) is 4.87. The van der Waals surface area contributed by atoms with Gasteiger partial charge in [-0.3, -0.25) is 9.59 Å². The molecule has 1 fully saturated rings. The quantitative estimate of drug-likeness (QED) is 0.656. The lowest BCUT2D eigenvalue weighted by atomic mass is 10.2. The molecule has 0 aliphatic carbocycles. The maximum absolute atomic E-state index is 13.5. The zero-order valence-electron chi connectivity index (χ0n) is 11.3. The van der Waals surface area contributed by atoms with Gasteiger partial charge in [0.25, 0.3) is 11.8 Å². The lowest BCUT2D eigenvalue weighted by Gasteiger charge is -2.28. The molecule has 2 amide bonds. The normalized spacial score (nSPS) is 19.8. The van der Waals surface area contributed by atoms with Crippen molar-refractivity contribution in [2.24, 2.45) is 0 Å². The van der Waals surface area contributed by atoms with Crippen LogP contribution in [0, 0.1) is 17.5 Å². The molecule has 8 heteroatoms. The molecule has 1 aliphatic rings. The lowest BCUT2D eigenvalue weighted by Crippen LogP contribution is -3.19. The summed E-state index contributed by atoms with van der Waals surface area (Å²) in [6, 6.07) is 1.07. The highest BCUT2D eigenvalue weighted by molar-refractivity contribution is 5.94. The van der Waals surface area contributed by atoms with Gasteiger partial charge in [0.15, 0.2) is 30.0 Å². The Morgan fingerprint density at radius 1 is 1.33 bits per heavy atom. The summed E-state index contributed by atoms with van der Waals surface area (Å²) in [5.41, 5.74) is -0.424. The van der Waals surface area contributed by atoms with Crippen molar-refractivity contribution in [3.05, 3.63) is 29.6 Å². The van der Waals surface area contributed by atoms with Crippen LogP contribution in [0.3, 0.4) is 0 Å². The Balaban J connectivity index is 2.07. The lowest BCUT2D eigenvalue weighted by molar-refractivity contribution is -0.907. The Morgan fingerprint density at radius 2 is 2.05 bits per heavy atom. The van der Waals surface area contributed by atoms with Crippen LogP contribution in [-0.4, -0.2) is 37.5 Å². The fraction of sp³-hybridized carbons (Fsp3) is 0.385. The fourth-order valence-corrected chi connectivity index (χ4v) is 2.14. The van der Waals surface area contributed by atoms with Crippen LogP contribution < -0.4 is 15.5 Å². The second kappa shape index (κ2) is 6.13. The Hall–Kier alpha value is -2.09. The van der Waals surface area contributed by atoms with Crippen molar-refractivity contribution in [2.45, 2.75) is 13.0 Å². The van der Waals surface area contributed by atoms with E-state index in [0.717, 1.165) is 17.0 Å². The number of piperazine rings is 1. The molecule has 0 aromatic heterocycles. The topological polar surface area (TPSA) is 62.6 Å². The number of nitrogens with one attached hydrogen (secondary N) is 3. The largest absolute Gasteiger partial charge is 0.346 e. The minimum absolute atomic E-state index is 0.134. The minimum atomic E-state index is -1.63. The van der Waals surface area contributed by atoms with E-state index in [1.54, 1.807) is 6.92 Å². The summed E-state index contributed by atoms with van der Waals surface area (Å²) in [7, 11) is 0. The molecule has 0 saturated carbocycles. The van der Waals surface area contributed by atoms with Crippen LogP contribution in [0.4, 0.5) is 18.9 Å². The highest BCUT2D eigenvalue weighted by atomic mass is 19.2. The molecular formula is C13H15F3N3O2+. The van der Waals surface area contributed by atoms with Crippen LogP contribution in [0.25, 0.3) is 0 Å². The third kappa shape index (κ3) is 3.33. The van der Waals surface area contributed by atoms with Crippen molar-refractivity contribution >= 4 is 17.5 Å². The number of benzene rings is 1. The summed E-state index contributed by atoms with van der Waals surface area (Å²) in [4.78, 5) is 24.0. The number of rotatable bonds is 3. The molecular weight excluding hydrogens is 287 g/mol. The Bertz CT molecular complexity index is 580. The molecule has 0 radical (unpaired) electrons. The number of amides is 2. The number of halogens is 3. The van der Waals surface area contributed by atoms with Gasteiger partial charge in [-0.25, -0.2) is 13.2 Å². The maximum Gasteiger partial charge on any atom is 0.282 e. The first-order chi connectivity index (χ1) is 9.90. The van der Waals surface area contributed by atoms with E-state index >= 15 is 0 Å². The Kier molecular flexibility index (Phi) is 4.46. The van der Waals surface area contributed by atoms with E-state index in [4.69, 9.17) is 0 Å². The smallest absolute Gasteiger partial charge is 0.282 e. The number of hydrogen-bond acceptors (Lipinski definition) is 2. The average molecular weight is 302 g/mol. The van der Waals surface area contributed by atoms with Gasteiger partial charge in [0.05, 0.1) is 18.8 Å². The van der Waals surface area contributed by atoms with Gasteiger partial charge in [0.2, 0.25) is 0 Å². The van der Waals surface area contributed by atoms with E-state index in [9.17, 15) is 22.8 Å². The molecule has 5 nitrogen and oxygen atoms in total. The monoisotopic (exact) mass is 302 g/mol. The molecule has 21 heavy (non-hydrogen) atoms. The van der Waals surface area contributed by atoms with Crippen molar-refractivity contribution in [3.63, 3.8) is 0 Å². The van der Waals surface area contributed by atoms with E-state index in [2.05, 4.69) is 10.6 Å². The van der Waals surface area contributed by atoms with Crippen molar-refractivity contribution in [3.8, 4) is 0 Å². The minimum Gasteiger partial charge on any atom is -0.346 e. The van der Waals surface area contributed by atoms with Gasteiger partial charge in [-0.2, -0.15) is 0 Å². The first-order valence-corrected chi connectivity index (χ1v) is 6.45. The van der Waals surface area contributed by atoms with Gasteiger partial charge in [-0.05, 0) is 19.1 Å². The molecule has 1 aliphatic heterocycles. The first kappa shape index (κ1) is 15.3. The molecule has 2 atom stereocenters. The van der Waals surface area contributed by atoms with Crippen LogP contribution >= 0.6 is 0 Å². The van der Waals surface area contributed by atoms with E-state index in [-0.39, 0.29) is 12.5 Å². The summed E-state index contributed by atoms with van der Waals surface area (Å²) < 4.78 is 39.4. The number of carbonyl (C=O) groups excluding carboxylic acids is 2. The molecule has 3 N–H and O–H groups in total. The fourth-order valence-electron chi connectivity index (χ4n) is 2.14. The highest BCUT2D eigenvalue weighted by Gasteiger charge is 2.30. The number of anilines is 1. The summed E-state index contributed by atoms with van der Waals surface area (Å²) in [5, 5.41) is 4.85. The van der Waals surface area contributed by atoms with Gasteiger partial charge in [-0.1, -0.05) is 0 Å². The van der Waals surface area contributed by atoms with Gasteiger partial charge in [0, 0.05) is 0 Å². The van der Waals surface area contributed by atoms with Gasteiger partial charge in [-0.15, -0.1) is 0 Å². The molecule has 1 heterocycles. The third-order valence-corrected chi connectivity index (χ3v) is 3.45. The molecule has 2 rings (SSSR count). The number of hydrogen-bond donors (Lipinski definition) is 3. The Labute approximate surface area is 119 Å². The van der Waals surface area contributed by atoms with Crippen molar-refractivity contribution in [1.82, 2.24) is 5.32 Å². The predicted molar refractivity (Wildman–Crippen MR) is 68.1 cm³/mol. The second-order valence-electron chi connectivity index (χ2n) is 4.87. The van der Waals surface area contributed by atoms with Gasteiger partial charge in [0.1, 0.15) is 0 Å². The van der Waals surface area contributed by atoms with Crippen LogP contribution in [0.15, 0.2) is 12.1 Å². The molecule has 1 unspecified atom stereocenters. The molecule has 114 valence electrons. The first-order valence-electron chi connectivity index (χ1n) is 6.45.